The Labute approximate surface area is 126 Å². The Hall–Kier alpha value is -1.84. The number of aryl methyl sites for hydroxylation is 1. The van der Waals surface area contributed by atoms with Gasteiger partial charge in [-0.05, 0) is 37.5 Å². The van der Waals surface area contributed by atoms with Crippen LogP contribution in [0.5, 0.6) is 0 Å². The standard InChI is InChI=1S/C17H24N2O2/c1-4-12(3)18-17(21)14-10-16(20)19(11-14)15-8-6-13(5-2)7-9-15/h6-9,12,14H,4-5,10-11H2,1-3H3,(H,18,21). The van der Waals surface area contributed by atoms with Gasteiger partial charge in [-0.1, -0.05) is 26.0 Å². The van der Waals surface area contributed by atoms with Crippen LogP contribution in [0.2, 0.25) is 0 Å². The Kier molecular flexibility index (Phi) is 4.99. The highest BCUT2D eigenvalue weighted by atomic mass is 16.2. The molecular formula is C17H24N2O2. The fourth-order valence-electron chi connectivity index (χ4n) is 2.51. The zero-order chi connectivity index (χ0) is 15.4. The number of carbonyl (C=O) groups is 2. The molecule has 4 nitrogen and oxygen atoms in total. The lowest BCUT2D eigenvalue weighted by Crippen LogP contribution is -2.38. The van der Waals surface area contributed by atoms with Gasteiger partial charge in [-0.25, -0.2) is 0 Å². The van der Waals surface area contributed by atoms with Crippen molar-refractivity contribution in [2.75, 3.05) is 11.4 Å². The molecule has 0 aliphatic carbocycles. The highest BCUT2D eigenvalue weighted by Crippen LogP contribution is 2.25. The van der Waals surface area contributed by atoms with Crippen molar-refractivity contribution in [2.24, 2.45) is 5.92 Å². The summed E-state index contributed by atoms with van der Waals surface area (Å²) in [6.07, 6.45) is 2.18. The molecular weight excluding hydrogens is 264 g/mol. The second-order valence-corrected chi connectivity index (χ2v) is 5.74. The van der Waals surface area contributed by atoms with Crippen LogP contribution in [-0.4, -0.2) is 24.4 Å². The number of benzene rings is 1. The summed E-state index contributed by atoms with van der Waals surface area (Å²) in [4.78, 5) is 26.0. The number of anilines is 1. The molecule has 114 valence electrons. The van der Waals surface area contributed by atoms with Crippen molar-refractivity contribution in [3.05, 3.63) is 29.8 Å². The summed E-state index contributed by atoms with van der Waals surface area (Å²) >= 11 is 0. The fraction of sp³-hybridized carbons (Fsp3) is 0.529. The van der Waals surface area contributed by atoms with Crippen LogP contribution >= 0.6 is 0 Å². The van der Waals surface area contributed by atoms with E-state index in [0.717, 1.165) is 18.5 Å². The predicted molar refractivity (Wildman–Crippen MR) is 84.2 cm³/mol. The second kappa shape index (κ2) is 6.74. The molecule has 2 atom stereocenters. The Bertz CT molecular complexity index is 510. The second-order valence-electron chi connectivity index (χ2n) is 5.74. The van der Waals surface area contributed by atoms with Crippen LogP contribution in [0.4, 0.5) is 5.69 Å². The molecule has 1 heterocycles. The van der Waals surface area contributed by atoms with E-state index >= 15 is 0 Å². The van der Waals surface area contributed by atoms with Crippen molar-refractivity contribution in [3.63, 3.8) is 0 Å². The molecule has 2 unspecified atom stereocenters. The molecule has 0 radical (unpaired) electrons. The van der Waals surface area contributed by atoms with Gasteiger partial charge in [0, 0.05) is 24.7 Å². The van der Waals surface area contributed by atoms with Gasteiger partial charge < -0.3 is 10.2 Å². The van der Waals surface area contributed by atoms with E-state index in [1.54, 1.807) is 4.90 Å². The lowest BCUT2D eigenvalue weighted by Gasteiger charge is -2.18. The maximum Gasteiger partial charge on any atom is 0.227 e. The van der Waals surface area contributed by atoms with Gasteiger partial charge in [0.2, 0.25) is 11.8 Å². The van der Waals surface area contributed by atoms with E-state index < -0.39 is 0 Å². The summed E-state index contributed by atoms with van der Waals surface area (Å²) in [6, 6.07) is 8.16. The smallest absolute Gasteiger partial charge is 0.227 e. The topological polar surface area (TPSA) is 49.4 Å². The van der Waals surface area contributed by atoms with Crippen LogP contribution < -0.4 is 10.2 Å². The predicted octanol–water partition coefficient (Wildman–Crippen LogP) is 2.52. The number of hydrogen-bond acceptors (Lipinski definition) is 2. The van der Waals surface area contributed by atoms with Crippen molar-refractivity contribution < 1.29 is 9.59 Å². The number of nitrogens with one attached hydrogen (secondary N) is 1. The maximum atomic E-state index is 12.1. The van der Waals surface area contributed by atoms with Gasteiger partial charge in [0.15, 0.2) is 0 Å². The normalized spacial score (nSPS) is 19.7. The SMILES string of the molecule is CCc1ccc(N2CC(C(=O)NC(C)CC)CC2=O)cc1. The quantitative estimate of drug-likeness (QED) is 0.905. The Morgan fingerprint density at radius 1 is 1.33 bits per heavy atom. The third kappa shape index (κ3) is 3.63. The Morgan fingerprint density at radius 3 is 2.57 bits per heavy atom. The van der Waals surface area contributed by atoms with Crippen molar-refractivity contribution >= 4 is 17.5 Å². The molecule has 1 aromatic rings. The molecule has 1 saturated heterocycles. The molecule has 1 aromatic carbocycles. The van der Waals surface area contributed by atoms with Gasteiger partial charge in [-0.15, -0.1) is 0 Å². The number of hydrogen-bond donors (Lipinski definition) is 1. The third-order valence-electron chi connectivity index (χ3n) is 4.15. The maximum absolute atomic E-state index is 12.1. The molecule has 1 N–H and O–H groups in total. The summed E-state index contributed by atoms with van der Waals surface area (Å²) in [5.41, 5.74) is 2.13. The van der Waals surface area contributed by atoms with Crippen molar-refractivity contribution in [2.45, 2.75) is 46.1 Å². The van der Waals surface area contributed by atoms with E-state index in [1.165, 1.54) is 5.56 Å². The van der Waals surface area contributed by atoms with E-state index in [4.69, 9.17) is 0 Å². The minimum atomic E-state index is -0.239. The first-order valence-corrected chi connectivity index (χ1v) is 7.74. The minimum absolute atomic E-state index is 0.00891. The van der Waals surface area contributed by atoms with Crippen molar-refractivity contribution in [1.82, 2.24) is 5.32 Å². The zero-order valence-corrected chi connectivity index (χ0v) is 13.1. The number of rotatable bonds is 5. The van der Waals surface area contributed by atoms with Gasteiger partial charge in [-0.2, -0.15) is 0 Å². The van der Waals surface area contributed by atoms with Crippen LogP contribution in [0.25, 0.3) is 0 Å². The number of carbonyl (C=O) groups excluding carboxylic acids is 2. The summed E-state index contributed by atoms with van der Waals surface area (Å²) in [5, 5.41) is 2.96. The molecule has 0 bridgehead atoms. The van der Waals surface area contributed by atoms with E-state index in [0.29, 0.717) is 13.0 Å². The van der Waals surface area contributed by atoms with Crippen LogP contribution in [0.3, 0.4) is 0 Å². The summed E-state index contributed by atoms with van der Waals surface area (Å²) in [6.45, 7) is 6.60. The first kappa shape index (κ1) is 15.5. The molecule has 2 amide bonds. The molecule has 4 heteroatoms. The molecule has 21 heavy (non-hydrogen) atoms. The Morgan fingerprint density at radius 2 is 2.00 bits per heavy atom. The molecule has 1 aliphatic heterocycles. The lowest BCUT2D eigenvalue weighted by molar-refractivity contribution is -0.126. The van der Waals surface area contributed by atoms with Gasteiger partial charge in [-0.3, -0.25) is 9.59 Å². The van der Waals surface area contributed by atoms with Crippen LogP contribution in [0.1, 0.15) is 39.2 Å². The molecule has 1 fully saturated rings. The fourth-order valence-corrected chi connectivity index (χ4v) is 2.51. The number of amides is 2. The minimum Gasteiger partial charge on any atom is -0.353 e. The van der Waals surface area contributed by atoms with Crippen molar-refractivity contribution in [1.29, 1.82) is 0 Å². The largest absolute Gasteiger partial charge is 0.353 e. The molecule has 0 spiro atoms. The average Bonchev–Trinajstić information content (AvgIpc) is 2.89. The summed E-state index contributed by atoms with van der Waals surface area (Å²) in [7, 11) is 0. The molecule has 0 saturated carbocycles. The highest BCUT2D eigenvalue weighted by molar-refractivity contribution is 6.00. The Balaban J connectivity index is 2.03. The van der Waals surface area contributed by atoms with Gasteiger partial charge in [0.25, 0.3) is 0 Å². The first-order valence-electron chi connectivity index (χ1n) is 7.74. The lowest BCUT2D eigenvalue weighted by atomic mass is 10.1. The highest BCUT2D eigenvalue weighted by Gasteiger charge is 2.35. The zero-order valence-electron chi connectivity index (χ0n) is 13.1. The summed E-state index contributed by atoms with van der Waals surface area (Å²) in [5.74, 6) is -0.216. The number of nitrogens with zero attached hydrogens (tertiary/aromatic N) is 1. The molecule has 1 aliphatic rings. The van der Waals surface area contributed by atoms with E-state index in [2.05, 4.69) is 12.2 Å². The molecule has 0 aromatic heterocycles. The monoisotopic (exact) mass is 288 g/mol. The van der Waals surface area contributed by atoms with Gasteiger partial charge in [0.05, 0.1) is 5.92 Å². The van der Waals surface area contributed by atoms with E-state index in [1.807, 2.05) is 38.1 Å². The summed E-state index contributed by atoms with van der Waals surface area (Å²) < 4.78 is 0. The average molecular weight is 288 g/mol. The van der Waals surface area contributed by atoms with Crippen LogP contribution in [0, 0.1) is 5.92 Å². The first-order chi connectivity index (χ1) is 10.0. The van der Waals surface area contributed by atoms with Crippen LogP contribution in [0.15, 0.2) is 24.3 Å². The van der Waals surface area contributed by atoms with E-state index in [9.17, 15) is 9.59 Å². The van der Waals surface area contributed by atoms with E-state index in [-0.39, 0.29) is 23.8 Å². The van der Waals surface area contributed by atoms with Gasteiger partial charge in [0.1, 0.15) is 0 Å². The van der Waals surface area contributed by atoms with Crippen molar-refractivity contribution in [3.8, 4) is 0 Å². The van der Waals surface area contributed by atoms with Crippen LogP contribution in [-0.2, 0) is 16.0 Å². The third-order valence-corrected chi connectivity index (χ3v) is 4.15. The molecule has 2 rings (SSSR count). The van der Waals surface area contributed by atoms with Gasteiger partial charge >= 0.3 is 0 Å².